The molecule has 15 heavy (non-hydrogen) atoms. The highest BCUT2D eigenvalue weighted by atomic mass is 79.9. The summed E-state index contributed by atoms with van der Waals surface area (Å²) >= 11 is 8.72. The van der Waals surface area contributed by atoms with E-state index in [1.165, 1.54) is 12.1 Å². The van der Waals surface area contributed by atoms with Gasteiger partial charge in [0.25, 0.3) is 0 Å². The fourth-order valence-electron chi connectivity index (χ4n) is 0.919. The number of nitrogens with one attached hydrogen (secondary N) is 1. The topological polar surface area (TPSA) is 29.1 Å². The van der Waals surface area contributed by atoms with Gasteiger partial charge in [-0.2, -0.15) is 0 Å². The molecule has 0 aliphatic rings. The zero-order chi connectivity index (χ0) is 11.4. The molecule has 0 bridgehead atoms. The van der Waals surface area contributed by atoms with Gasteiger partial charge in [-0.3, -0.25) is 4.79 Å². The highest BCUT2D eigenvalue weighted by Gasteiger charge is 2.13. The van der Waals surface area contributed by atoms with Crippen molar-refractivity contribution in [3.63, 3.8) is 0 Å². The molecule has 0 aliphatic heterocycles. The van der Waals surface area contributed by atoms with Crippen LogP contribution < -0.4 is 5.32 Å². The lowest BCUT2D eigenvalue weighted by molar-refractivity contribution is -0.118. The van der Waals surface area contributed by atoms with Crippen molar-refractivity contribution in [1.82, 2.24) is 0 Å². The smallest absolute Gasteiger partial charge is 0.228 e. The van der Waals surface area contributed by atoms with E-state index in [0.717, 1.165) is 0 Å². The SMILES string of the molecule is CC(CCl)C(=O)Nc1cc(Br)ccc1F. The quantitative estimate of drug-likeness (QED) is 0.851. The van der Waals surface area contributed by atoms with Crippen LogP contribution in [0.4, 0.5) is 10.1 Å². The van der Waals surface area contributed by atoms with Gasteiger partial charge in [0, 0.05) is 16.3 Å². The first kappa shape index (κ1) is 12.5. The molecule has 1 amide bonds. The minimum atomic E-state index is -0.465. The molecule has 1 unspecified atom stereocenters. The number of hydrogen-bond acceptors (Lipinski definition) is 1. The summed E-state index contributed by atoms with van der Waals surface area (Å²) in [5, 5.41) is 2.47. The maximum absolute atomic E-state index is 13.2. The van der Waals surface area contributed by atoms with Gasteiger partial charge in [0.1, 0.15) is 5.82 Å². The third-order valence-electron chi connectivity index (χ3n) is 1.87. The van der Waals surface area contributed by atoms with Crippen molar-refractivity contribution < 1.29 is 9.18 Å². The van der Waals surface area contributed by atoms with Gasteiger partial charge in [0.15, 0.2) is 0 Å². The van der Waals surface area contributed by atoms with E-state index in [4.69, 9.17) is 11.6 Å². The molecule has 5 heteroatoms. The number of carbonyl (C=O) groups excluding carboxylic acids is 1. The van der Waals surface area contributed by atoms with E-state index >= 15 is 0 Å². The molecule has 1 rings (SSSR count). The molecular weight excluding hydrogens is 284 g/mol. The Bertz CT molecular complexity index is 372. The lowest BCUT2D eigenvalue weighted by Gasteiger charge is -2.10. The van der Waals surface area contributed by atoms with Crippen molar-refractivity contribution >= 4 is 39.1 Å². The number of anilines is 1. The first-order chi connectivity index (χ1) is 7.04. The monoisotopic (exact) mass is 293 g/mol. The lowest BCUT2D eigenvalue weighted by Crippen LogP contribution is -2.22. The van der Waals surface area contributed by atoms with Crippen molar-refractivity contribution in [2.45, 2.75) is 6.92 Å². The second-order valence-electron chi connectivity index (χ2n) is 3.17. The van der Waals surface area contributed by atoms with E-state index in [1.54, 1.807) is 13.0 Å². The average molecular weight is 295 g/mol. The Morgan fingerprint density at radius 2 is 2.33 bits per heavy atom. The van der Waals surface area contributed by atoms with Crippen LogP contribution in [0, 0.1) is 11.7 Å². The molecule has 0 spiro atoms. The van der Waals surface area contributed by atoms with Crippen molar-refractivity contribution in [3.8, 4) is 0 Å². The number of halogens is 3. The molecule has 0 heterocycles. The summed E-state index contributed by atoms with van der Waals surface area (Å²) in [7, 11) is 0. The van der Waals surface area contributed by atoms with E-state index in [-0.39, 0.29) is 23.4 Å². The normalized spacial score (nSPS) is 12.3. The van der Waals surface area contributed by atoms with Crippen LogP contribution in [0.1, 0.15) is 6.92 Å². The molecule has 0 saturated carbocycles. The molecule has 1 aromatic carbocycles. The highest BCUT2D eigenvalue weighted by Crippen LogP contribution is 2.20. The third kappa shape index (κ3) is 3.47. The molecule has 0 saturated heterocycles. The standard InChI is InChI=1S/C10H10BrClFNO/c1-6(5-12)10(15)14-9-4-7(11)2-3-8(9)13/h2-4,6H,5H2,1H3,(H,14,15). The lowest BCUT2D eigenvalue weighted by atomic mass is 10.2. The summed E-state index contributed by atoms with van der Waals surface area (Å²) in [5.74, 6) is -0.887. The minimum Gasteiger partial charge on any atom is -0.323 e. The van der Waals surface area contributed by atoms with Crippen LogP contribution in [0.15, 0.2) is 22.7 Å². The first-order valence-corrected chi connectivity index (χ1v) is 5.69. The molecule has 1 N–H and O–H groups in total. The van der Waals surface area contributed by atoms with E-state index < -0.39 is 5.82 Å². The van der Waals surface area contributed by atoms with Gasteiger partial charge in [0.05, 0.1) is 5.69 Å². The van der Waals surface area contributed by atoms with E-state index in [2.05, 4.69) is 21.2 Å². The van der Waals surface area contributed by atoms with Crippen LogP contribution >= 0.6 is 27.5 Å². The number of rotatable bonds is 3. The zero-order valence-corrected chi connectivity index (χ0v) is 10.4. The number of carbonyl (C=O) groups is 1. The Hall–Kier alpha value is -0.610. The summed E-state index contributed by atoms with van der Waals surface area (Å²) in [5.41, 5.74) is 0.159. The molecule has 2 nitrogen and oxygen atoms in total. The molecule has 0 radical (unpaired) electrons. The molecule has 1 aromatic rings. The fourth-order valence-corrected chi connectivity index (χ4v) is 1.42. The van der Waals surface area contributed by atoms with Gasteiger partial charge < -0.3 is 5.32 Å². The van der Waals surface area contributed by atoms with E-state index in [1.807, 2.05) is 0 Å². The summed E-state index contributed by atoms with van der Waals surface area (Å²) in [6.45, 7) is 1.68. The Morgan fingerprint density at radius 1 is 1.67 bits per heavy atom. The largest absolute Gasteiger partial charge is 0.323 e. The fraction of sp³-hybridized carbons (Fsp3) is 0.300. The minimum absolute atomic E-state index is 0.159. The van der Waals surface area contributed by atoms with Crippen molar-refractivity contribution in [1.29, 1.82) is 0 Å². The Balaban J connectivity index is 2.80. The molecular formula is C10H10BrClFNO. The Kier molecular flexibility index (Phi) is 4.54. The van der Waals surface area contributed by atoms with Crippen molar-refractivity contribution in [2.75, 3.05) is 11.2 Å². The van der Waals surface area contributed by atoms with Crippen LogP contribution in [0.3, 0.4) is 0 Å². The maximum atomic E-state index is 13.2. The number of amides is 1. The van der Waals surface area contributed by atoms with Crippen LogP contribution in [-0.2, 0) is 4.79 Å². The van der Waals surface area contributed by atoms with Crippen molar-refractivity contribution in [2.24, 2.45) is 5.92 Å². The molecule has 0 aromatic heterocycles. The maximum Gasteiger partial charge on any atom is 0.228 e. The zero-order valence-electron chi connectivity index (χ0n) is 8.06. The highest BCUT2D eigenvalue weighted by molar-refractivity contribution is 9.10. The molecule has 82 valence electrons. The predicted molar refractivity (Wildman–Crippen MR) is 62.6 cm³/mol. The Morgan fingerprint density at radius 3 is 2.93 bits per heavy atom. The summed E-state index contributed by atoms with van der Waals surface area (Å²) in [4.78, 5) is 11.4. The third-order valence-corrected chi connectivity index (χ3v) is 2.82. The summed E-state index contributed by atoms with van der Waals surface area (Å²) in [6, 6.07) is 4.36. The van der Waals surface area contributed by atoms with Crippen molar-refractivity contribution in [3.05, 3.63) is 28.5 Å². The van der Waals surface area contributed by atoms with Gasteiger partial charge in [-0.05, 0) is 18.2 Å². The Labute approximate surface area is 101 Å². The van der Waals surface area contributed by atoms with Gasteiger partial charge in [-0.1, -0.05) is 22.9 Å². The summed E-state index contributed by atoms with van der Waals surface area (Å²) < 4.78 is 13.9. The number of benzene rings is 1. The van der Waals surface area contributed by atoms with Crippen LogP contribution in [0.5, 0.6) is 0 Å². The summed E-state index contributed by atoms with van der Waals surface area (Å²) in [6.07, 6.45) is 0. The number of alkyl halides is 1. The van der Waals surface area contributed by atoms with Crippen LogP contribution in [0.25, 0.3) is 0 Å². The van der Waals surface area contributed by atoms with Crippen LogP contribution in [-0.4, -0.2) is 11.8 Å². The molecule has 0 aliphatic carbocycles. The van der Waals surface area contributed by atoms with Gasteiger partial charge >= 0.3 is 0 Å². The van der Waals surface area contributed by atoms with Gasteiger partial charge in [-0.25, -0.2) is 4.39 Å². The van der Waals surface area contributed by atoms with Gasteiger partial charge in [0.2, 0.25) is 5.91 Å². The van der Waals surface area contributed by atoms with Gasteiger partial charge in [-0.15, -0.1) is 11.6 Å². The van der Waals surface area contributed by atoms with Crippen LogP contribution in [0.2, 0.25) is 0 Å². The molecule has 0 fully saturated rings. The second-order valence-corrected chi connectivity index (χ2v) is 4.39. The number of hydrogen-bond donors (Lipinski definition) is 1. The average Bonchev–Trinajstić information content (AvgIpc) is 2.22. The predicted octanol–water partition coefficient (Wildman–Crippen LogP) is 3.40. The van der Waals surface area contributed by atoms with E-state index in [9.17, 15) is 9.18 Å². The molecule has 1 atom stereocenters. The second kappa shape index (κ2) is 5.47. The van der Waals surface area contributed by atoms with E-state index in [0.29, 0.717) is 4.47 Å². The first-order valence-electron chi connectivity index (χ1n) is 4.36.